The Kier molecular flexibility index (Phi) is 7.44. The van der Waals surface area contributed by atoms with E-state index in [9.17, 15) is 19.2 Å². The number of rotatable bonds is 6. The molecule has 0 aliphatic heterocycles. The van der Waals surface area contributed by atoms with Crippen LogP contribution in [0.15, 0.2) is 47.6 Å². The molecule has 7 heteroatoms. The van der Waals surface area contributed by atoms with Crippen molar-refractivity contribution in [1.29, 1.82) is 0 Å². The molecule has 6 nitrogen and oxygen atoms in total. The Balaban J connectivity index is 1.42. The largest absolute Gasteiger partial charge is 0.461 e. The van der Waals surface area contributed by atoms with Crippen LogP contribution in [0.4, 0.5) is 0 Å². The van der Waals surface area contributed by atoms with Crippen molar-refractivity contribution in [2.24, 2.45) is 34.5 Å². The molecule has 2 saturated carbocycles. The number of carbonyl (C=O) groups is 4. The fourth-order valence-corrected chi connectivity index (χ4v) is 8.46. The normalized spacial score (nSPS) is 33.7. The first kappa shape index (κ1) is 27.3. The number of benzene rings is 1. The first-order valence-electron chi connectivity index (χ1n) is 13.6. The Bertz CT molecular complexity index is 1250. The monoisotopic (exact) mass is 630 g/mol. The number of allylic oxidation sites excluding steroid dienone is 3. The van der Waals surface area contributed by atoms with Crippen LogP contribution in [-0.2, 0) is 23.9 Å². The minimum absolute atomic E-state index is 0.0101. The van der Waals surface area contributed by atoms with E-state index in [1.807, 2.05) is 24.3 Å². The maximum Gasteiger partial charge on any atom is 0.338 e. The van der Waals surface area contributed by atoms with E-state index in [1.54, 1.807) is 6.07 Å². The third-order valence-corrected chi connectivity index (χ3v) is 10.5. The van der Waals surface area contributed by atoms with Gasteiger partial charge in [-0.25, -0.2) is 4.79 Å². The molecule has 4 aliphatic rings. The number of Topliss-reactive ketones (excluding diaryl/α,β-unsaturated/α-hetero) is 1. The molecule has 0 N–H and O–H groups in total. The topological polar surface area (TPSA) is 86.7 Å². The summed E-state index contributed by atoms with van der Waals surface area (Å²) in [5, 5.41) is 0. The van der Waals surface area contributed by atoms with Crippen LogP contribution in [0.5, 0.6) is 0 Å². The highest BCUT2D eigenvalue weighted by Crippen LogP contribution is 2.65. The molecule has 0 amide bonds. The molecular weight excluding hydrogens is 595 g/mol. The third-order valence-electron chi connectivity index (χ3n) is 9.78. The molecule has 0 saturated heterocycles. The molecule has 0 aromatic heterocycles. The van der Waals surface area contributed by atoms with Crippen molar-refractivity contribution in [2.45, 2.75) is 59.3 Å². The molecule has 1 aromatic rings. The number of esters is 2. The summed E-state index contributed by atoms with van der Waals surface area (Å²) in [4.78, 5) is 49.8. The van der Waals surface area contributed by atoms with Crippen LogP contribution in [-0.4, -0.2) is 36.7 Å². The molecule has 2 fully saturated rings. The van der Waals surface area contributed by atoms with Gasteiger partial charge in [0.2, 0.25) is 0 Å². The average Bonchev–Trinajstić information content (AvgIpc) is 3.23. The van der Waals surface area contributed by atoms with Crippen molar-refractivity contribution in [1.82, 2.24) is 0 Å². The molecule has 5 rings (SSSR count). The maximum atomic E-state index is 13.1. The van der Waals surface area contributed by atoms with Gasteiger partial charge in [0.1, 0.15) is 6.61 Å². The number of ether oxygens (including phenoxy) is 2. The van der Waals surface area contributed by atoms with E-state index in [4.69, 9.17) is 9.47 Å². The summed E-state index contributed by atoms with van der Waals surface area (Å²) in [5.41, 5.74) is 2.58. The number of ketones is 2. The van der Waals surface area contributed by atoms with Gasteiger partial charge in [-0.05, 0) is 96.2 Å². The summed E-state index contributed by atoms with van der Waals surface area (Å²) < 4.78 is 11.9. The lowest BCUT2D eigenvalue weighted by Gasteiger charge is -2.55. The van der Waals surface area contributed by atoms with Gasteiger partial charge in [-0.2, -0.15) is 0 Å². The Morgan fingerprint density at radius 3 is 2.63 bits per heavy atom. The molecule has 0 heterocycles. The second-order valence-corrected chi connectivity index (χ2v) is 13.1. The summed E-state index contributed by atoms with van der Waals surface area (Å²) in [6.07, 6.45) is 8.79. The van der Waals surface area contributed by atoms with Gasteiger partial charge >= 0.3 is 11.9 Å². The Labute approximate surface area is 237 Å². The van der Waals surface area contributed by atoms with Crippen LogP contribution in [0.2, 0.25) is 0 Å². The van der Waals surface area contributed by atoms with E-state index >= 15 is 0 Å². The van der Waals surface area contributed by atoms with E-state index in [0.29, 0.717) is 17.9 Å². The highest BCUT2D eigenvalue weighted by Gasteiger charge is 2.58. The molecule has 0 bridgehead atoms. The zero-order chi connectivity index (χ0) is 27.2. The number of carbonyl (C=O) groups excluding carboxylic acids is 4. The zero-order valence-corrected chi connectivity index (χ0v) is 24.4. The Hall–Kier alpha value is -2.29. The lowest BCUT2D eigenvalue weighted by molar-refractivity contribution is -0.148. The Morgan fingerprint density at radius 2 is 1.89 bits per heavy atom. The van der Waals surface area contributed by atoms with E-state index in [-0.39, 0.29) is 59.3 Å². The quantitative estimate of drug-likeness (QED) is 0.222. The predicted molar refractivity (Wildman–Crippen MR) is 150 cm³/mol. The number of fused-ring (bicyclic) bond motifs is 5. The van der Waals surface area contributed by atoms with Gasteiger partial charge in [0.25, 0.3) is 0 Å². The fraction of sp³-hybridized carbons (Fsp3) is 0.548. The van der Waals surface area contributed by atoms with Crippen LogP contribution >= 0.6 is 22.6 Å². The molecular formula is C31H35IO6. The second-order valence-electron chi connectivity index (χ2n) is 11.9. The molecule has 1 aromatic carbocycles. The van der Waals surface area contributed by atoms with Gasteiger partial charge in [-0.3, -0.25) is 14.4 Å². The van der Waals surface area contributed by atoms with Crippen molar-refractivity contribution in [3.05, 3.63) is 56.7 Å². The van der Waals surface area contributed by atoms with Crippen molar-refractivity contribution < 1.29 is 28.7 Å². The van der Waals surface area contributed by atoms with Gasteiger partial charge < -0.3 is 9.47 Å². The van der Waals surface area contributed by atoms with Crippen LogP contribution in [0.1, 0.15) is 69.7 Å². The third kappa shape index (κ3) is 4.80. The van der Waals surface area contributed by atoms with Crippen molar-refractivity contribution >= 4 is 46.1 Å². The fourth-order valence-electron chi connectivity index (χ4n) is 7.91. The SMILES string of the molecule is CC(=O)OCC(=O)[C@H]1CC[C@H]2[C@@H]3C[C@H](COC(=O)c4cccc(I)c4)C4=CC(=O)CC[C@]4(C)C3=CC[C@]12C. The molecule has 202 valence electrons. The van der Waals surface area contributed by atoms with Gasteiger partial charge in [0, 0.05) is 34.2 Å². The molecule has 4 aliphatic carbocycles. The average molecular weight is 631 g/mol. The van der Waals surface area contributed by atoms with E-state index < -0.39 is 5.97 Å². The summed E-state index contributed by atoms with van der Waals surface area (Å²) in [6, 6.07) is 7.35. The van der Waals surface area contributed by atoms with Crippen molar-refractivity contribution in [2.75, 3.05) is 13.2 Å². The molecule has 0 spiro atoms. The number of halogens is 1. The minimum Gasteiger partial charge on any atom is -0.461 e. The number of hydrogen-bond acceptors (Lipinski definition) is 6. The van der Waals surface area contributed by atoms with Gasteiger partial charge in [0.15, 0.2) is 11.6 Å². The van der Waals surface area contributed by atoms with Gasteiger partial charge in [-0.15, -0.1) is 0 Å². The molecule has 6 atom stereocenters. The van der Waals surface area contributed by atoms with Crippen molar-refractivity contribution in [3.63, 3.8) is 0 Å². The van der Waals surface area contributed by atoms with Crippen molar-refractivity contribution in [3.8, 4) is 0 Å². The maximum absolute atomic E-state index is 13.1. The van der Waals surface area contributed by atoms with E-state index in [1.165, 1.54) is 12.5 Å². The predicted octanol–water partition coefficient (Wildman–Crippen LogP) is 5.87. The van der Waals surface area contributed by atoms with Crippen LogP contribution in [0.25, 0.3) is 0 Å². The molecule has 0 radical (unpaired) electrons. The van der Waals surface area contributed by atoms with Crippen LogP contribution < -0.4 is 0 Å². The molecule has 38 heavy (non-hydrogen) atoms. The lowest BCUT2D eigenvalue weighted by atomic mass is 9.49. The summed E-state index contributed by atoms with van der Waals surface area (Å²) >= 11 is 2.18. The minimum atomic E-state index is -0.433. The second kappa shape index (κ2) is 10.4. The lowest BCUT2D eigenvalue weighted by Crippen LogP contribution is -2.48. The summed E-state index contributed by atoms with van der Waals surface area (Å²) in [6.45, 7) is 5.88. The first-order valence-corrected chi connectivity index (χ1v) is 14.6. The smallest absolute Gasteiger partial charge is 0.338 e. The van der Waals surface area contributed by atoms with E-state index in [0.717, 1.165) is 41.2 Å². The highest BCUT2D eigenvalue weighted by molar-refractivity contribution is 14.1. The van der Waals surface area contributed by atoms with Gasteiger partial charge in [0.05, 0.1) is 12.2 Å². The summed E-state index contributed by atoms with van der Waals surface area (Å²) in [5.74, 6) is -0.234. The zero-order valence-electron chi connectivity index (χ0n) is 22.3. The number of hydrogen-bond donors (Lipinski definition) is 0. The highest BCUT2D eigenvalue weighted by atomic mass is 127. The van der Waals surface area contributed by atoms with Crippen LogP contribution in [0, 0.1) is 38.1 Å². The van der Waals surface area contributed by atoms with Gasteiger partial charge in [-0.1, -0.05) is 37.1 Å². The standard InChI is InChI=1S/C31H35IO6/c1-18(33)37-17-28(35)26-8-7-24-23-14-20(16-38-29(36)19-5-4-6-21(32)13-19)27-15-22(34)9-11-31(27,3)25(23)10-12-30(24,26)2/h4-6,10,13,15,20,23-24,26H,7-9,11-12,14,16-17H2,1-3H3/t20-,23+,24+,26-,30+,31-/m1/s1. The van der Waals surface area contributed by atoms with E-state index in [2.05, 4.69) is 42.5 Å². The first-order chi connectivity index (χ1) is 18.0. The molecule has 0 unspecified atom stereocenters. The Morgan fingerprint density at radius 1 is 1.11 bits per heavy atom. The van der Waals surface area contributed by atoms with Crippen LogP contribution in [0.3, 0.4) is 0 Å². The summed E-state index contributed by atoms with van der Waals surface area (Å²) in [7, 11) is 0.